The fraction of sp³-hybridized carbons (Fsp3) is 0.769. The zero-order valence-electron chi connectivity index (χ0n) is 11.8. The van der Waals surface area contributed by atoms with Gasteiger partial charge in [-0.2, -0.15) is 16.9 Å². The number of thioether (sulfide) groups is 1. The van der Waals surface area contributed by atoms with Crippen LogP contribution in [0.15, 0.2) is 0 Å². The second-order valence-corrected chi connectivity index (χ2v) is 6.27. The van der Waals surface area contributed by atoms with Gasteiger partial charge in [0.1, 0.15) is 0 Å². The molecule has 1 aromatic heterocycles. The Bertz CT molecular complexity index is 418. The Hall–Kier alpha value is -0.230. The first-order valence-corrected chi connectivity index (χ1v) is 8.29. The number of likely N-dealkylation sites (N-methyl/N-ethyl adjacent to an activating group) is 1. The van der Waals surface area contributed by atoms with Gasteiger partial charge in [-0.3, -0.25) is 4.68 Å². The summed E-state index contributed by atoms with van der Waals surface area (Å²) in [6, 6.07) is 0.284. The van der Waals surface area contributed by atoms with Crippen molar-refractivity contribution < 1.29 is 4.74 Å². The summed E-state index contributed by atoms with van der Waals surface area (Å²) in [4.78, 5) is 0. The predicted molar refractivity (Wildman–Crippen MR) is 81.3 cm³/mol. The van der Waals surface area contributed by atoms with Crippen LogP contribution in [-0.4, -0.2) is 47.1 Å². The first-order valence-electron chi connectivity index (χ1n) is 6.75. The molecule has 1 aliphatic heterocycles. The van der Waals surface area contributed by atoms with Gasteiger partial charge in [-0.15, -0.1) is 0 Å². The molecule has 1 aromatic rings. The molecule has 2 unspecified atom stereocenters. The van der Waals surface area contributed by atoms with E-state index in [9.17, 15) is 0 Å². The molecule has 6 heteroatoms. The van der Waals surface area contributed by atoms with Crippen LogP contribution >= 0.6 is 23.4 Å². The van der Waals surface area contributed by atoms with Gasteiger partial charge in [-0.1, -0.05) is 11.6 Å². The summed E-state index contributed by atoms with van der Waals surface area (Å²) >= 11 is 8.33. The summed E-state index contributed by atoms with van der Waals surface area (Å²) in [5.74, 6) is 2.14. The van der Waals surface area contributed by atoms with Crippen LogP contribution in [0.25, 0.3) is 0 Å². The van der Waals surface area contributed by atoms with Gasteiger partial charge in [0.2, 0.25) is 0 Å². The summed E-state index contributed by atoms with van der Waals surface area (Å²) in [6.45, 7) is 5.74. The minimum atomic E-state index is 0.250. The standard InChI is InChI=1S/C13H22ClN3OS/c1-4-17-11(13(14)9(2)16-17)7-10(15-3)12-8-19-6-5-18-12/h10,12,15H,4-8H2,1-3H3. The third-order valence-electron chi connectivity index (χ3n) is 3.53. The summed E-state index contributed by atoms with van der Waals surface area (Å²) in [5, 5.41) is 8.64. The van der Waals surface area contributed by atoms with Crippen molar-refractivity contribution in [1.29, 1.82) is 0 Å². The maximum Gasteiger partial charge on any atom is 0.0847 e. The van der Waals surface area contributed by atoms with Crippen LogP contribution in [0, 0.1) is 6.92 Å². The van der Waals surface area contributed by atoms with Gasteiger partial charge in [0.05, 0.1) is 29.1 Å². The maximum absolute atomic E-state index is 6.38. The average molecular weight is 304 g/mol. The number of aryl methyl sites for hydroxylation is 2. The highest BCUT2D eigenvalue weighted by atomic mass is 35.5. The summed E-state index contributed by atoms with van der Waals surface area (Å²) < 4.78 is 7.87. The molecule has 0 saturated carbocycles. The molecular weight excluding hydrogens is 282 g/mol. The molecule has 0 bridgehead atoms. The Morgan fingerprint density at radius 1 is 1.63 bits per heavy atom. The van der Waals surface area contributed by atoms with Gasteiger partial charge < -0.3 is 10.1 Å². The van der Waals surface area contributed by atoms with Crippen molar-refractivity contribution in [3.8, 4) is 0 Å². The van der Waals surface area contributed by atoms with Crippen molar-refractivity contribution in [2.24, 2.45) is 0 Å². The van der Waals surface area contributed by atoms with Gasteiger partial charge in [0.15, 0.2) is 0 Å². The SMILES string of the molecule is CCn1nc(C)c(Cl)c1CC(NC)C1CSCCO1. The minimum Gasteiger partial charge on any atom is -0.375 e. The van der Waals surface area contributed by atoms with Gasteiger partial charge in [0.25, 0.3) is 0 Å². The number of aromatic nitrogens is 2. The molecule has 1 N–H and O–H groups in total. The van der Waals surface area contributed by atoms with Gasteiger partial charge in [0, 0.05) is 30.5 Å². The van der Waals surface area contributed by atoms with Crippen molar-refractivity contribution >= 4 is 23.4 Å². The molecule has 19 heavy (non-hydrogen) atoms. The fourth-order valence-corrected chi connectivity index (χ4v) is 3.58. The summed E-state index contributed by atoms with van der Waals surface area (Å²) in [5.41, 5.74) is 2.02. The molecule has 0 spiro atoms. The van der Waals surface area contributed by atoms with E-state index in [-0.39, 0.29) is 12.1 Å². The summed E-state index contributed by atoms with van der Waals surface area (Å²) in [7, 11) is 1.99. The highest BCUT2D eigenvalue weighted by Gasteiger charge is 2.26. The van der Waals surface area contributed by atoms with Gasteiger partial charge >= 0.3 is 0 Å². The monoisotopic (exact) mass is 303 g/mol. The molecule has 2 rings (SSSR count). The van der Waals surface area contributed by atoms with E-state index in [1.165, 1.54) is 0 Å². The number of hydrogen-bond acceptors (Lipinski definition) is 4. The molecule has 2 atom stereocenters. The topological polar surface area (TPSA) is 39.1 Å². The van der Waals surface area contributed by atoms with Crippen LogP contribution in [0.5, 0.6) is 0 Å². The van der Waals surface area contributed by atoms with E-state index in [4.69, 9.17) is 16.3 Å². The highest BCUT2D eigenvalue weighted by Crippen LogP contribution is 2.24. The van der Waals surface area contributed by atoms with Gasteiger partial charge in [-0.25, -0.2) is 0 Å². The number of nitrogens with zero attached hydrogens (tertiary/aromatic N) is 2. The number of rotatable bonds is 5. The van der Waals surface area contributed by atoms with E-state index in [2.05, 4.69) is 17.3 Å². The zero-order chi connectivity index (χ0) is 13.8. The largest absolute Gasteiger partial charge is 0.375 e. The second kappa shape index (κ2) is 6.97. The smallest absolute Gasteiger partial charge is 0.0847 e. The van der Waals surface area contributed by atoms with E-state index in [1.54, 1.807) is 0 Å². The lowest BCUT2D eigenvalue weighted by molar-refractivity contribution is 0.0487. The molecule has 0 radical (unpaired) electrons. The Morgan fingerprint density at radius 3 is 3.00 bits per heavy atom. The number of nitrogens with one attached hydrogen (secondary N) is 1. The van der Waals surface area contributed by atoms with E-state index >= 15 is 0 Å². The second-order valence-electron chi connectivity index (χ2n) is 4.75. The molecule has 4 nitrogen and oxygen atoms in total. The lowest BCUT2D eigenvalue weighted by Gasteiger charge is -2.30. The Balaban J connectivity index is 2.13. The molecule has 108 valence electrons. The lowest BCUT2D eigenvalue weighted by Crippen LogP contribution is -2.45. The zero-order valence-corrected chi connectivity index (χ0v) is 13.4. The first-order chi connectivity index (χ1) is 9.17. The fourth-order valence-electron chi connectivity index (χ4n) is 2.43. The Labute approximate surface area is 124 Å². The van der Waals surface area contributed by atoms with Crippen molar-refractivity contribution in [1.82, 2.24) is 15.1 Å². The van der Waals surface area contributed by atoms with Crippen LogP contribution < -0.4 is 5.32 Å². The average Bonchev–Trinajstić information content (AvgIpc) is 2.72. The first kappa shape index (κ1) is 15.2. The van der Waals surface area contributed by atoms with Crippen molar-refractivity contribution in [2.45, 2.75) is 39.0 Å². The van der Waals surface area contributed by atoms with E-state index in [1.807, 2.05) is 30.4 Å². The third-order valence-corrected chi connectivity index (χ3v) is 5.04. The van der Waals surface area contributed by atoms with E-state index < -0.39 is 0 Å². The van der Waals surface area contributed by atoms with Crippen LogP contribution in [-0.2, 0) is 17.7 Å². The minimum absolute atomic E-state index is 0.250. The summed E-state index contributed by atoms with van der Waals surface area (Å²) in [6.07, 6.45) is 1.11. The Morgan fingerprint density at radius 2 is 2.42 bits per heavy atom. The van der Waals surface area contributed by atoms with Crippen molar-refractivity contribution in [3.63, 3.8) is 0 Å². The van der Waals surface area contributed by atoms with E-state index in [0.29, 0.717) is 0 Å². The maximum atomic E-state index is 6.38. The molecule has 1 aliphatic rings. The molecule has 1 fully saturated rings. The van der Waals surface area contributed by atoms with E-state index in [0.717, 1.165) is 47.5 Å². The molecule has 1 saturated heterocycles. The van der Waals surface area contributed by atoms with Gasteiger partial charge in [-0.05, 0) is 20.9 Å². The number of ether oxygens (including phenoxy) is 1. The molecule has 0 amide bonds. The molecule has 2 heterocycles. The molecular formula is C13H22ClN3OS. The molecule has 0 aromatic carbocycles. The van der Waals surface area contributed by atoms with Crippen LogP contribution in [0.1, 0.15) is 18.3 Å². The highest BCUT2D eigenvalue weighted by molar-refractivity contribution is 7.99. The van der Waals surface area contributed by atoms with Crippen molar-refractivity contribution in [3.05, 3.63) is 16.4 Å². The third kappa shape index (κ3) is 3.45. The number of halogens is 1. The van der Waals surface area contributed by atoms with Crippen molar-refractivity contribution in [2.75, 3.05) is 25.2 Å². The number of hydrogen-bond donors (Lipinski definition) is 1. The molecule has 0 aliphatic carbocycles. The normalized spacial score (nSPS) is 21.6. The van der Waals surface area contributed by atoms with Crippen LogP contribution in [0.4, 0.5) is 0 Å². The van der Waals surface area contributed by atoms with Crippen LogP contribution in [0.3, 0.4) is 0 Å². The quantitative estimate of drug-likeness (QED) is 0.904. The van der Waals surface area contributed by atoms with Crippen LogP contribution in [0.2, 0.25) is 5.02 Å². The lowest BCUT2D eigenvalue weighted by atomic mass is 10.1. The Kier molecular flexibility index (Phi) is 5.57. The predicted octanol–water partition coefficient (Wildman–Crippen LogP) is 2.13.